The van der Waals surface area contributed by atoms with Crippen molar-refractivity contribution in [3.8, 4) is 0 Å². The van der Waals surface area contributed by atoms with E-state index in [0.29, 0.717) is 0 Å². The maximum absolute atomic E-state index is 12.5. The summed E-state index contributed by atoms with van der Waals surface area (Å²) in [7, 11) is -6.06. The predicted molar refractivity (Wildman–Crippen MR) is 79.6 cm³/mol. The van der Waals surface area contributed by atoms with Crippen molar-refractivity contribution >= 4 is 22.2 Å². The van der Waals surface area contributed by atoms with Crippen molar-refractivity contribution in [3.63, 3.8) is 0 Å². The summed E-state index contributed by atoms with van der Waals surface area (Å²) in [5.41, 5.74) is -9.16. The van der Waals surface area contributed by atoms with Crippen molar-refractivity contribution in [2.45, 2.75) is 50.5 Å². The Kier molecular flexibility index (Phi) is 6.21. The molecule has 1 rings (SSSR count). The Balaban J connectivity index is 3.09. The first-order chi connectivity index (χ1) is 11.5. The molecule has 0 spiro atoms. The topological polar surface area (TPSA) is 119 Å². The molecule has 152 valence electrons. The van der Waals surface area contributed by atoms with Crippen LogP contribution in [-0.4, -0.2) is 73.0 Å². The summed E-state index contributed by atoms with van der Waals surface area (Å²) in [5, 5.41) is 9.43. The van der Waals surface area contributed by atoms with E-state index in [1.807, 2.05) is 0 Å². The number of nitrogens with zero attached hydrogens (tertiary/aromatic N) is 1. The van der Waals surface area contributed by atoms with Crippen LogP contribution in [0.1, 0.15) is 27.7 Å². The lowest BCUT2D eigenvalue weighted by Crippen LogP contribution is -2.64. The van der Waals surface area contributed by atoms with E-state index in [-0.39, 0.29) is 13.2 Å². The lowest BCUT2D eigenvalue weighted by atomic mass is 9.95. The minimum absolute atomic E-state index is 0.0946. The standard InChI is InChI=1S/C13H20F3NO8S/c1-8(25-26(21,22)13(14,15)16)12(9(18)19)7-17(5-6-23-12)10(20)24-11(2,3)4/h8H,5-7H2,1-4H3,(H,18,19). The number of halogens is 3. The molecule has 1 amide bonds. The van der Waals surface area contributed by atoms with Gasteiger partial charge >= 0.3 is 27.7 Å². The fourth-order valence-corrected chi connectivity index (χ4v) is 2.74. The molecule has 0 bridgehead atoms. The van der Waals surface area contributed by atoms with Gasteiger partial charge in [0.1, 0.15) is 11.7 Å². The number of morpholine rings is 1. The zero-order valence-corrected chi connectivity index (χ0v) is 15.3. The largest absolute Gasteiger partial charge is 0.523 e. The third kappa shape index (κ3) is 4.98. The molecule has 1 aliphatic heterocycles. The van der Waals surface area contributed by atoms with E-state index >= 15 is 0 Å². The van der Waals surface area contributed by atoms with E-state index in [2.05, 4.69) is 4.18 Å². The third-order valence-electron chi connectivity index (χ3n) is 3.37. The van der Waals surface area contributed by atoms with Crippen molar-refractivity contribution in [3.05, 3.63) is 0 Å². The van der Waals surface area contributed by atoms with E-state index < -0.39 is 51.5 Å². The molecule has 0 saturated carbocycles. The molecule has 13 heteroatoms. The number of carboxylic acid groups (broad SMARTS) is 1. The molecule has 1 heterocycles. The van der Waals surface area contributed by atoms with Crippen LogP contribution >= 0.6 is 0 Å². The summed E-state index contributed by atoms with van der Waals surface area (Å²) in [4.78, 5) is 24.7. The van der Waals surface area contributed by atoms with Crippen LogP contribution in [0.3, 0.4) is 0 Å². The highest BCUT2D eigenvalue weighted by Gasteiger charge is 2.56. The monoisotopic (exact) mass is 407 g/mol. The molecule has 0 aromatic rings. The maximum Gasteiger partial charge on any atom is 0.523 e. The molecule has 0 aromatic carbocycles. The highest BCUT2D eigenvalue weighted by molar-refractivity contribution is 7.87. The Labute approximate surface area is 148 Å². The Morgan fingerprint density at radius 2 is 1.81 bits per heavy atom. The van der Waals surface area contributed by atoms with Crippen molar-refractivity contribution in [1.82, 2.24) is 4.90 Å². The fraction of sp³-hybridized carbons (Fsp3) is 0.846. The minimum atomic E-state index is -6.06. The van der Waals surface area contributed by atoms with E-state index in [1.54, 1.807) is 20.8 Å². The summed E-state index contributed by atoms with van der Waals surface area (Å²) in [6, 6.07) is 0. The van der Waals surface area contributed by atoms with Crippen molar-refractivity contribution in [2.75, 3.05) is 19.7 Å². The SMILES string of the molecule is CC(OS(=O)(=O)C(F)(F)F)C1(C(=O)O)CN(C(=O)OC(C)(C)C)CCO1. The first kappa shape index (κ1) is 22.4. The zero-order chi connectivity index (χ0) is 20.6. The van der Waals surface area contributed by atoms with Crippen LogP contribution in [0.4, 0.5) is 18.0 Å². The predicted octanol–water partition coefficient (Wildman–Crippen LogP) is 1.33. The molecule has 26 heavy (non-hydrogen) atoms. The van der Waals surface area contributed by atoms with Crippen molar-refractivity contribution in [2.24, 2.45) is 0 Å². The molecular weight excluding hydrogens is 387 g/mol. The van der Waals surface area contributed by atoms with Crippen LogP contribution in [0, 0.1) is 0 Å². The van der Waals surface area contributed by atoms with E-state index in [0.717, 1.165) is 11.8 Å². The molecule has 1 N–H and O–H groups in total. The van der Waals surface area contributed by atoms with Gasteiger partial charge in [-0.15, -0.1) is 0 Å². The van der Waals surface area contributed by atoms with Gasteiger partial charge in [-0.25, -0.2) is 9.59 Å². The second-order valence-electron chi connectivity index (χ2n) is 6.58. The van der Waals surface area contributed by atoms with Gasteiger partial charge in [0.25, 0.3) is 0 Å². The van der Waals surface area contributed by atoms with Crippen LogP contribution in [0.2, 0.25) is 0 Å². The molecule has 1 fully saturated rings. The van der Waals surface area contributed by atoms with Gasteiger partial charge in [-0.2, -0.15) is 21.6 Å². The Bertz CT molecular complexity index is 657. The third-order valence-corrected chi connectivity index (χ3v) is 4.48. The van der Waals surface area contributed by atoms with E-state index in [1.165, 1.54) is 0 Å². The number of carbonyl (C=O) groups is 2. The number of aliphatic carboxylic acids is 1. The number of hydrogen-bond donors (Lipinski definition) is 1. The van der Waals surface area contributed by atoms with Gasteiger partial charge in [-0.1, -0.05) is 0 Å². The molecule has 0 radical (unpaired) electrons. The minimum Gasteiger partial charge on any atom is -0.479 e. The van der Waals surface area contributed by atoms with Gasteiger partial charge in [0.05, 0.1) is 13.2 Å². The van der Waals surface area contributed by atoms with Gasteiger partial charge in [0.2, 0.25) is 5.60 Å². The van der Waals surface area contributed by atoms with Crippen molar-refractivity contribution < 1.29 is 49.9 Å². The summed E-state index contributed by atoms with van der Waals surface area (Å²) in [6.45, 7) is 4.28. The highest BCUT2D eigenvalue weighted by atomic mass is 32.2. The van der Waals surface area contributed by atoms with Crippen molar-refractivity contribution in [1.29, 1.82) is 0 Å². The number of carbonyl (C=O) groups excluding carboxylic acids is 1. The molecular formula is C13H20F3NO8S. The molecule has 0 aliphatic carbocycles. The van der Waals surface area contributed by atoms with Gasteiger partial charge in [-0.05, 0) is 27.7 Å². The normalized spacial score (nSPS) is 23.4. The van der Waals surface area contributed by atoms with Gasteiger partial charge in [0.15, 0.2) is 0 Å². The molecule has 9 nitrogen and oxygen atoms in total. The number of rotatable bonds is 4. The number of carboxylic acids is 1. The van der Waals surface area contributed by atoms with Crippen LogP contribution in [-0.2, 0) is 28.6 Å². The molecule has 1 saturated heterocycles. The summed E-state index contributed by atoms with van der Waals surface area (Å²) < 4.78 is 74.0. The lowest BCUT2D eigenvalue weighted by Gasteiger charge is -2.42. The van der Waals surface area contributed by atoms with Gasteiger partial charge < -0.3 is 19.5 Å². The Morgan fingerprint density at radius 3 is 2.23 bits per heavy atom. The fourth-order valence-electron chi connectivity index (χ4n) is 2.10. The molecule has 2 atom stereocenters. The summed E-state index contributed by atoms with van der Waals surface area (Å²) in [5.74, 6) is -1.78. The smallest absolute Gasteiger partial charge is 0.479 e. The Morgan fingerprint density at radius 1 is 1.27 bits per heavy atom. The van der Waals surface area contributed by atoms with E-state index in [4.69, 9.17) is 9.47 Å². The highest BCUT2D eigenvalue weighted by Crippen LogP contribution is 2.32. The molecule has 0 aromatic heterocycles. The van der Waals surface area contributed by atoms with E-state index in [9.17, 15) is 36.3 Å². The molecule has 1 aliphatic rings. The first-order valence-corrected chi connectivity index (χ1v) is 8.77. The average molecular weight is 407 g/mol. The number of alkyl halides is 3. The quantitative estimate of drug-likeness (QED) is 0.548. The maximum atomic E-state index is 12.5. The van der Waals surface area contributed by atoms with Crippen LogP contribution in [0.15, 0.2) is 0 Å². The Hall–Kier alpha value is -1.60. The lowest BCUT2D eigenvalue weighted by molar-refractivity contribution is -0.193. The molecule has 2 unspecified atom stereocenters. The second kappa shape index (κ2) is 7.19. The number of amides is 1. The van der Waals surface area contributed by atoms with Crippen LogP contribution < -0.4 is 0 Å². The van der Waals surface area contributed by atoms with Crippen LogP contribution in [0.25, 0.3) is 0 Å². The first-order valence-electron chi connectivity index (χ1n) is 7.37. The van der Waals surface area contributed by atoms with Gasteiger partial charge in [0, 0.05) is 6.54 Å². The number of hydrogen-bond acceptors (Lipinski definition) is 7. The summed E-state index contributed by atoms with van der Waals surface area (Å²) in [6.07, 6.45) is -2.99. The number of ether oxygens (including phenoxy) is 2. The average Bonchev–Trinajstić information content (AvgIpc) is 2.43. The van der Waals surface area contributed by atoms with Crippen LogP contribution in [0.5, 0.6) is 0 Å². The summed E-state index contributed by atoms with van der Waals surface area (Å²) >= 11 is 0. The van der Waals surface area contributed by atoms with Gasteiger partial charge in [-0.3, -0.25) is 4.18 Å². The second-order valence-corrected chi connectivity index (χ2v) is 8.15. The zero-order valence-electron chi connectivity index (χ0n) is 14.5.